The molecule has 4 nitrogen and oxygen atoms in total. The zero-order chi connectivity index (χ0) is 12.0. The fourth-order valence-corrected chi connectivity index (χ4v) is 1.40. The summed E-state index contributed by atoms with van der Waals surface area (Å²) in [6, 6.07) is 5.38. The second kappa shape index (κ2) is 6.12. The average molecular weight is 222 g/mol. The van der Waals surface area contributed by atoms with Crippen molar-refractivity contribution in [3.05, 3.63) is 29.3 Å². The number of hydrogen-bond donors (Lipinski definition) is 3. The number of anilines is 1. The Balaban J connectivity index is 2.55. The van der Waals surface area contributed by atoms with Crippen molar-refractivity contribution in [3.63, 3.8) is 0 Å². The number of nitrogen functional groups attached to an aromatic ring is 1. The van der Waals surface area contributed by atoms with Gasteiger partial charge in [0.15, 0.2) is 0 Å². The molecule has 0 aliphatic carbocycles. The quantitative estimate of drug-likeness (QED) is 0.515. The Morgan fingerprint density at radius 1 is 1.44 bits per heavy atom. The number of aryl methyl sites for hydroxylation is 1. The monoisotopic (exact) mass is 222 g/mol. The summed E-state index contributed by atoms with van der Waals surface area (Å²) in [5.41, 5.74) is 7.74. The van der Waals surface area contributed by atoms with Crippen LogP contribution in [0.3, 0.4) is 0 Å². The number of hydrogen-bond acceptors (Lipinski definition) is 3. The van der Waals surface area contributed by atoms with Gasteiger partial charge in [-0.3, -0.25) is 4.79 Å². The molecule has 0 spiro atoms. The van der Waals surface area contributed by atoms with Crippen molar-refractivity contribution in [2.24, 2.45) is 0 Å². The van der Waals surface area contributed by atoms with Crippen molar-refractivity contribution in [3.8, 4) is 0 Å². The molecule has 4 N–H and O–H groups in total. The number of benzene rings is 1. The van der Waals surface area contributed by atoms with Crippen molar-refractivity contribution >= 4 is 11.6 Å². The molecule has 0 bridgehead atoms. The molecule has 0 atom stereocenters. The van der Waals surface area contributed by atoms with Crippen LogP contribution < -0.4 is 11.1 Å². The van der Waals surface area contributed by atoms with E-state index in [0.29, 0.717) is 24.2 Å². The van der Waals surface area contributed by atoms with E-state index in [0.717, 1.165) is 12.0 Å². The molecule has 0 heterocycles. The van der Waals surface area contributed by atoms with Gasteiger partial charge < -0.3 is 16.2 Å². The SMILES string of the molecule is Cc1ccc(N)c(C(=O)NCCCCO)c1. The molecule has 0 saturated heterocycles. The van der Waals surface area contributed by atoms with Crippen molar-refractivity contribution in [1.82, 2.24) is 5.32 Å². The Morgan fingerprint density at radius 3 is 2.88 bits per heavy atom. The van der Waals surface area contributed by atoms with Gasteiger partial charge in [-0.2, -0.15) is 0 Å². The molecular weight excluding hydrogens is 204 g/mol. The summed E-state index contributed by atoms with van der Waals surface area (Å²) in [7, 11) is 0. The van der Waals surface area contributed by atoms with Gasteiger partial charge in [0, 0.05) is 18.8 Å². The van der Waals surface area contributed by atoms with Crippen LogP contribution in [-0.2, 0) is 0 Å². The number of unbranched alkanes of at least 4 members (excludes halogenated alkanes) is 1. The first-order valence-electron chi connectivity index (χ1n) is 5.40. The molecule has 1 rings (SSSR count). The summed E-state index contributed by atoms with van der Waals surface area (Å²) >= 11 is 0. The van der Waals surface area contributed by atoms with Crippen LogP contribution >= 0.6 is 0 Å². The van der Waals surface area contributed by atoms with Crippen molar-refractivity contribution in [2.75, 3.05) is 18.9 Å². The predicted octanol–water partition coefficient (Wildman–Crippen LogP) is 1.08. The molecule has 0 saturated carbocycles. The summed E-state index contributed by atoms with van der Waals surface area (Å²) in [6.45, 7) is 2.64. The van der Waals surface area contributed by atoms with Gasteiger partial charge in [0.1, 0.15) is 0 Å². The highest BCUT2D eigenvalue weighted by Crippen LogP contribution is 2.13. The minimum absolute atomic E-state index is 0.154. The topological polar surface area (TPSA) is 75.4 Å². The lowest BCUT2D eigenvalue weighted by atomic mass is 10.1. The van der Waals surface area contributed by atoms with E-state index in [2.05, 4.69) is 5.32 Å². The van der Waals surface area contributed by atoms with Crippen LogP contribution in [0.1, 0.15) is 28.8 Å². The minimum Gasteiger partial charge on any atom is -0.398 e. The van der Waals surface area contributed by atoms with Crippen LogP contribution in [0.25, 0.3) is 0 Å². The number of aliphatic hydroxyl groups is 1. The molecule has 1 aromatic carbocycles. The number of carbonyl (C=O) groups excluding carboxylic acids is 1. The second-order valence-corrected chi connectivity index (χ2v) is 3.78. The highest BCUT2D eigenvalue weighted by atomic mass is 16.2. The van der Waals surface area contributed by atoms with Gasteiger partial charge in [-0.25, -0.2) is 0 Å². The maximum Gasteiger partial charge on any atom is 0.253 e. The van der Waals surface area contributed by atoms with Crippen LogP contribution in [0.4, 0.5) is 5.69 Å². The number of nitrogens with two attached hydrogens (primary N) is 1. The van der Waals surface area contributed by atoms with Gasteiger partial charge in [-0.1, -0.05) is 11.6 Å². The Bertz CT molecular complexity index is 364. The van der Waals surface area contributed by atoms with Crippen LogP contribution in [0.5, 0.6) is 0 Å². The van der Waals surface area contributed by atoms with E-state index in [1.54, 1.807) is 12.1 Å². The normalized spacial score (nSPS) is 10.1. The maximum atomic E-state index is 11.7. The highest BCUT2D eigenvalue weighted by Gasteiger charge is 2.08. The molecule has 16 heavy (non-hydrogen) atoms. The second-order valence-electron chi connectivity index (χ2n) is 3.78. The Labute approximate surface area is 95.5 Å². The van der Waals surface area contributed by atoms with Gasteiger partial charge in [0.05, 0.1) is 5.56 Å². The Hall–Kier alpha value is -1.55. The van der Waals surface area contributed by atoms with Crippen LogP contribution in [0.15, 0.2) is 18.2 Å². The van der Waals surface area contributed by atoms with E-state index in [1.165, 1.54) is 0 Å². The van der Waals surface area contributed by atoms with E-state index in [4.69, 9.17) is 10.8 Å². The Morgan fingerprint density at radius 2 is 2.19 bits per heavy atom. The summed E-state index contributed by atoms with van der Waals surface area (Å²) in [4.78, 5) is 11.7. The van der Waals surface area contributed by atoms with Gasteiger partial charge >= 0.3 is 0 Å². The molecule has 1 amide bonds. The molecule has 0 aromatic heterocycles. The molecular formula is C12H18N2O2. The van der Waals surface area contributed by atoms with Gasteiger partial charge in [0.2, 0.25) is 0 Å². The van der Waals surface area contributed by atoms with E-state index in [-0.39, 0.29) is 12.5 Å². The zero-order valence-electron chi connectivity index (χ0n) is 9.49. The number of aliphatic hydroxyl groups excluding tert-OH is 1. The fourth-order valence-electron chi connectivity index (χ4n) is 1.40. The molecule has 0 radical (unpaired) electrons. The number of amides is 1. The van der Waals surface area contributed by atoms with E-state index >= 15 is 0 Å². The molecule has 4 heteroatoms. The largest absolute Gasteiger partial charge is 0.398 e. The number of carbonyl (C=O) groups is 1. The number of nitrogens with one attached hydrogen (secondary N) is 1. The molecule has 1 aromatic rings. The van der Waals surface area contributed by atoms with Crippen LogP contribution in [0.2, 0.25) is 0 Å². The van der Waals surface area contributed by atoms with Crippen molar-refractivity contribution in [2.45, 2.75) is 19.8 Å². The first-order valence-corrected chi connectivity index (χ1v) is 5.40. The van der Waals surface area contributed by atoms with Crippen LogP contribution in [-0.4, -0.2) is 24.2 Å². The van der Waals surface area contributed by atoms with Crippen LogP contribution in [0, 0.1) is 6.92 Å². The fraction of sp³-hybridized carbons (Fsp3) is 0.417. The average Bonchev–Trinajstić information content (AvgIpc) is 2.27. The lowest BCUT2D eigenvalue weighted by Crippen LogP contribution is -2.25. The molecule has 0 aliphatic rings. The Kier molecular flexibility index (Phi) is 4.79. The molecule has 0 unspecified atom stereocenters. The predicted molar refractivity (Wildman–Crippen MR) is 64.2 cm³/mol. The lowest BCUT2D eigenvalue weighted by Gasteiger charge is -2.07. The summed E-state index contributed by atoms with van der Waals surface area (Å²) in [5, 5.41) is 11.4. The summed E-state index contributed by atoms with van der Waals surface area (Å²) < 4.78 is 0. The third kappa shape index (κ3) is 3.55. The minimum atomic E-state index is -0.154. The maximum absolute atomic E-state index is 11.7. The first-order chi connectivity index (χ1) is 7.65. The third-order valence-electron chi connectivity index (χ3n) is 2.32. The van der Waals surface area contributed by atoms with E-state index < -0.39 is 0 Å². The smallest absolute Gasteiger partial charge is 0.253 e. The first kappa shape index (κ1) is 12.5. The highest BCUT2D eigenvalue weighted by molar-refractivity contribution is 5.99. The van der Waals surface area contributed by atoms with E-state index in [1.807, 2.05) is 13.0 Å². The summed E-state index contributed by atoms with van der Waals surface area (Å²) in [5.74, 6) is -0.154. The van der Waals surface area contributed by atoms with Gasteiger partial charge in [0.25, 0.3) is 5.91 Å². The standard InChI is InChI=1S/C12H18N2O2/c1-9-4-5-11(13)10(8-9)12(16)14-6-2-3-7-15/h4-5,8,15H,2-3,6-7,13H2,1H3,(H,14,16). The van der Waals surface area contributed by atoms with Crippen molar-refractivity contribution in [1.29, 1.82) is 0 Å². The van der Waals surface area contributed by atoms with Crippen molar-refractivity contribution < 1.29 is 9.90 Å². The van der Waals surface area contributed by atoms with E-state index in [9.17, 15) is 4.79 Å². The molecule has 88 valence electrons. The van der Waals surface area contributed by atoms with Gasteiger partial charge in [-0.05, 0) is 31.9 Å². The van der Waals surface area contributed by atoms with Gasteiger partial charge in [-0.15, -0.1) is 0 Å². The zero-order valence-corrected chi connectivity index (χ0v) is 9.49. The lowest BCUT2D eigenvalue weighted by molar-refractivity contribution is 0.0953. The number of rotatable bonds is 5. The molecule has 0 aliphatic heterocycles. The third-order valence-corrected chi connectivity index (χ3v) is 2.32. The summed E-state index contributed by atoms with van der Waals surface area (Å²) in [6.07, 6.45) is 1.47. The molecule has 0 fully saturated rings.